The summed E-state index contributed by atoms with van der Waals surface area (Å²) >= 11 is 0. The maximum atomic E-state index is 9.63. The summed E-state index contributed by atoms with van der Waals surface area (Å²) in [5, 5.41) is 0. The Hall–Kier alpha value is -0.816. The molecule has 1 aromatic carbocycles. The average Bonchev–Trinajstić information content (AvgIpc) is 2.03. The van der Waals surface area contributed by atoms with E-state index in [0.717, 1.165) is 5.56 Å². The molecule has 0 N–H and O–H groups in total. The van der Waals surface area contributed by atoms with Crippen LogP contribution in [0, 0.1) is 0 Å². The molecule has 0 bridgehead atoms. The summed E-state index contributed by atoms with van der Waals surface area (Å²) < 4.78 is 4.41. The number of ether oxygens (including phenoxy) is 1. The average molecular weight is 194 g/mol. The van der Waals surface area contributed by atoms with E-state index in [1.807, 2.05) is 30.3 Å². The molecule has 0 amide bonds. The molecule has 0 aromatic heterocycles. The first-order valence-electron chi connectivity index (χ1n) is 2.96. The van der Waals surface area contributed by atoms with Gasteiger partial charge in [0.05, 0.1) is 6.61 Å². The van der Waals surface area contributed by atoms with Crippen LogP contribution in [0.1, 0.15) is 5.56 Å². The summed E-state index contributed by atoms with van der Waals surface area (Å²) in [5.74, 6) is 0. The van der Waals surface area contributed by atoms with Crippen LogP contribution in [0.3, 0.4) is 0 Å². The van der Waals surface area contributed by atoms with Gasteiger partial charge in [-0.3, -0.25) is 0 Å². The summed E-state index contributed by atoms with van der Waals surface area (Å²) in [4.78, 5) is 9.63. The van der Waals surface area contributed by atoms with Gasteiger partial charge >= 0.3 is 0 Å². The Bertz CT molecular complexity index is 199. The van der Waals surface area contributed by atoms with Gasteiger partial charge < -0.3 is 9.53 Å². The van der Waals surface area contributed by atoms with Crippen LogP contribution in [-0.2, 0) is 32.6 Å². The standard InChI is InChI=1S/C8H7O2.Ni/c9-7-10-6-8-4-2-1-3-5-8;/h1-5H,6H2;/q-1;. The van der Waals surface area contributed by atoms with Gasteiger partial charge in [0.25, 0.3) is 0 Å². The van der Waals surface area contributed by atoms with Gasteiger partial charge in [0.15, 0.2) is 0 Å². The zero-order valence-corrected chi connectivity index (χ0v) is 6.71. The van der Waals surface area contributed by atoms with E-state index in [1.54, 1.807) is 0 Å². The summed E-state index contributed by atoms with van der Waals surface area (Å²) in [6.45, 7) is 1.68. The van der Waals surface area contributed by atoms with Crippen molar-refractivity contribution in [1.82, 2.24) is 0 Å². The maximum Gasteiger partial charge on any atom is 0.0745 e. The van der Waals surface area contributed by atoms with E-state index in [9.17, 15) is 4.79 Å². The Morgan fingerprint density at radius 1 is 1.27 bits per heavy atom. The number of hydrogen-bond acceptors (Lipinski definition) is 2. The van der Waals surface area contributed by atoms with Gasteiger partial charge in [-0.05, 0) is 5.56 Å². The third-order valence-corrected chi connectivity index (χ3v) is 1.14. The molecule has 0 spiro atoms. The van der Waals surface area contributed by atoms with Gasteiger partial charge in [0.1, 0.15) is 0 Å². The van der Waals surface area contributed by atoms with Gasteiger partial charge in [-0.1, -0.05) is 36.8 Å². The van der Waals surface area contributed by atoms with Crippen LogP contribution in [0.15, 0.2) is 30.3 Å². The number of benzene rings is 1. The predicted molar refractivity (Wildman–Crippen MR) is 36.9 cm³/mol. The maximum absolute atomic E-state index is 9.63. The third-order valence-electron chi connectivity index (χ3n) is 1.14. The van der Waals surface area contributed by atoms with Crippen LogP contribution >= 0.6 is 0 Å². The minimum atomic E-state index is 0. The van der Waals surface area contributed by atoms with Crippen molar-refractivity contribution >= 4 is 6.47 Å². The molecule has 0 saturated heterocycles. The molecule has 0 aliphatic heterocycles. The van der Waals surface area contributed by atoms with Crippen molar-refractivity contribution < 1.29 is 26.0 Å². The Morgan fingerprint density at radius 2 is 1.91 bits per heavy atom. The van der Waals surface area contributed by atoms with Gasteiger partial charge in [0.2, 0.25) is 0 Å². The molecule has 2 nitrogen and oxygen atoms in total. The first-order chi connectivity index (χ1) is 4.93. The van der Waals surface area contributed by atoms with Crippen LogP contribution in [0.2, 0.25) is 0 Å². The van der Waals surface area contributed by atoms with Crippen LogP contribution < -0.4 is 0 Å². The first-order valence-corrected chi connectivity index (χ1v) is 2.96. The molecule has 1 rings (SSSR count). The van der Waals surface area contributed by atoms with E-state index < -0.39 is 0 Å². The fourth-order valence-electron chi connectivity index (χ4n) is 0.687. The summed E-state index contributed by atoms with van der Waals surface area (Å²) in [6, 6.07) is 9.47. The molecule has 0 heterocycles. The molecule has 0 unspecified atom stereocenters. The first kappa shape index (κ1) is 10.2. The number of hydrogen-bond donors (Lipinski definition) is 0. The monoisotopic (exact) mass is 193 g/mol. The Labute approximate surface area is 75.5 Å². The predicted octanol–water partition coefficient (Wildman–Crippen LogP) is 1.27. The zero-order chi connectivity index (χ0) is 7.23. The fourth-order valence-corrected chi connectivity index (χ4v) is 0.687. The number of carbonyl (C=O) groups excluding carboxylic acids is 1. The van der Waals surface area contributed by atoms with Crippen molar-refractivity contribution in [3.05, 3.63) is 35.9 Å². The Balaban J connectivity index is 0.000001000. The summed E-state index contributed by atoms with van der Waals surface area (Å²) in [7, 11) is 0. The molecular weight excluding hydrogens is 187 g/mol. The molecule has 0 radical (unpaired) electrons. The molecule has 0 fully saturated rings. The van der Waals surface area contributed by atoms with E-state index in [2.05, 4.69) is 4.74 Å². The molecule has 0 atom stereocenters. The molecule has 0 aliphatic rings. The molecular formula is C8H7NiO2-. The zero-order valence-electron chi connectivity index (χ0n) is 5.73. The quantitative estimate of drug-likeness (QED) is 0.534. The van der Waals surface area contributed by atoms with Crippen LogP contribution in [0.5, 0.6) is 0 Å². The molecule has 0 saturated carbocycles. The van der Waals surface area contributed by atoms with E-state index in [0.29, 0.717) is 6.61 Å². The van der Waals surface area contributed by atoms with Crippen molar-refractivity contribution in [3.8, 4) is 0 Å². The van der Waals surface area contributed by atoms with Crippen LogP contribution in [0.25, 0.3) is 0 Å². The van der Waals surface area contributed by atoms with Crippen molar-refractivity contribution in [3.63, 3.8) is 0 Å². The topological polar surface area (TPSA) is 26.3 Å². The Kier molecular flexibility index (Phi) is 5.49. The van der Waals surface area contributed by atoms with E-state index >= 15 is 0 Å². The second-order valence-electron chi connectivity index (χ2n) is 1.86. The smallest absolute Gasteiger partial charge is 0.0745 e. The second-order valence-corrected chi connectivity index (χ2v) is 1.86. The van der Waals surface area contributed by atoms with Gasteiger partial charge in [-0.2, -0.15) is 0 Å². The van der Waals surface area contributed by atoms with Gasteiger partial charge in [-0.25, -0.2) is 0 Å². The van der Waals surface area contributed by atoms with E-state index in [-0.39, 0.29) is 16.5 Å². The number of rotatable bonds is 3. The van der Waals surface area contributed by atoms with Crippen LogP contribution in [-0.4, -0.2) is 6.47 Å². The summed E-state index contributed by atoms with van der Waals surface area (Å²) in [6.07, 6.45) is 0. The van der Waals surface area contributed by atoms with Gasteiger partial charge in [0, 0.05) is 16.5 Å². The molecule has 11 heavy (non-hydrogen) atoms. The van der Waals surface area contributed by atoms with Gasteiger partial charge in [-0.15, -0.1) is 0 Å². The molecule has 1 aromatic rings. The van der Waals surface area contributed by atoms with Crippen molar-refractivity contribution in [2.24, 2.45) is 0 Å². The van der Waals surface area contributed by atoms with Crippen LogP contribution in [0.4, 0.5) is 0 Å². The SMILES string of the molecule is O=[C-]OCc1ccccc1.[Ni]. The molecule has 0 aliphatic carbocycles. The van der Waals surface area contributed by atoms with E-state index in [4.69, 9.17) is 0 Å². The van der Waals surface area contributed by atoms with Crippen molar-refractivity contribution in [2.75, 3.05) is 0 Å². The fraction of sp³-hybridized carbons (Fsp3) is 0.125. The second kappa shape index (κ2) is 5.93. The largest absolute Gasteiger partial charge is 0.650 e. The molecule has 3 heteroatoms. The summed E-state index contributed by atoms with van der Waals surface area (Å²) in [5.41, 5.74) is 0.978. The Morgan fingerprint density at radius 3 is 2.45 bits per heavy atom. The van der Waals surface area contributed by atoms with Crippen molar-refractivity contribution in [2.45, 2.75) is 6.61 Å². The minimum absolute atomic E-state index is 0. The molecule has 62 valence electrons. The normalized spacial score (nSPS) is 8.00. The minimum Gasteiger partial charge on any atom is -0.650 e. The third kappa shape index (κ3) is 3.79. The van der Waals surface area contributed by atoms with E-state index in [1.165, 1.54) is 6.47 Å². The van der Waals surface area contributed by atoms with Crippen molar-refractivity contribution in [1.29, 1.82) is 0 Å².